The van der Waals surface area contributed by atoms with E-state index in [1.54, 1.807) is 0 Å². The summed E-state index contributed by atoms with van der Waals surface area (Å²) in [7, 11) is -3.67. The van der Waals surface area contributed by atoms with Crippen molar-refractivity contribution in [2.75, 3.05) is 32.7 Å². The van der Waals surface area contributed by atoms with Crippen molar-refractivity contribution in [2.24, 2.45) is 11.8 Å². The lowest BCUT2D eigenvalue weighted by atomic mass is 9.93. The highest BCUT2D eigenvalue weighted by atomic mass is 32.2. The summed E-state index contributed by atoms with van der Waals surface area (Å²) in [4.78, 5) is 0. The normalized spacial score (nSPS) is 32.1. The summed E-state index contributed by atoms with van der Waals surface area (Å²) in [5, 5.41) is 9.10. The second-order valence-corrected chi connectivity index (χ2v) is 6.30. The van der Waals surface area contributed by atoms with Gasteiger partial charge in [-0.15, -0.1) is 0 Å². The maximum atomic E-state index is 9.19. The Morgan fingerprint density at radius 3 is 2.44 bits per heavy atom. The molecule has 6 nitrogen and oxygen atoms in total. The predicted octanol–water partition coefficient (Wildman–Crippen LogP) is 0.314. The van der Waals surface area contributed by atoms with E-state index < -0.39 is 10.1 Å². The number of aliphatic hydroxyl groups excluding tert-OH is 1. The summed E-state index contributed by atoms with van der Waals surface area (Å²) in [6.45, 7) is 2.89. The van der Waals surface area contributed by atoms with Crippen molar-refractivity contribution >= 4 is 10.1 Å². The van der Waals surface area contributed by atoms with Crippen molar-refractivity contribution in [3.05, 3.63) is 0 Å². The first-order valence-electron chi connectivity index (χ1n) is 6.12. The zero-order chi connectivity index (χ0) is 13.6. The summed E-state index contributed by atoms with van der Waals surface area (Å²) in [5.41, 5.74) is 0. The Kier molecular flexibility index (Phi) is 6.51. The van der Waals surface area contributed by atoms with Crippen LogP contribution >= 0.6 is 0 Å². The third kappa shape index (κ3) is 6.65. The van der Waals surface area contributed by atoms with E-state index in [-0.39, 0.29) is 12.7 Å². The topological polar surface area (TPSA) is 93.1 Å². The molecule has 0 aromatic heterocycles. The van der Waals surface area contributed by atoms with Gasteiger partial charge in [-0.05, 0) is 25.2 Å². The maximum Gasteiger partial charge on any atom is 0.261 e. The zero-order valence-electron chi connectivity index (χ0n) is 10.6. The van der Waals surface area contributed by atoms with Gasteiger partial charge in [-0.25, -0.2) is 0 Å². The van der Waals surface area contributed by atoms with Crippen LogP contribution in [0, 0.1) is 11.8 Å². The van der Waals surface area contributed by atoms with Gasteiger partial charge in [0.25, 0.3) is 10.1 Å². The lowest BCUT2D eigenvalue weighted by Gasteiger charge is -2.19. The molecule has 0 aliphatic carbocycles. The molecule has 0 radical (unpaired) electrons. The molecule has 108 valence electrons. The summed E-state index contributed by atoms with van der Waals surface area (Å²) in [6, 6.07) is 0. The van der Waals surface area contributed by atoms with Gasteiger partial charge in [-0.1, -0.05) is 0 Å². The minimum Gasteiger partial charge on any atom is -0.396 e. The van der Waals surface area contributed by atoms with Crippen molar-refractivity contribution in [3.8, 4) is 0 Å². The molecule has 0 amide bonds. The third-order valence-electron chi connectivity index (χ3n) is 3.17. The van der Waals surface area contributed by atoms with Gasteiger partial charge >= 0.3 is 0 Å². The van der Waals surface area contributed by atoms with E-state index in [9.17, 15) is 8.42 Å². The number of aliphatic hydroxyl groups is 1. The number of ether oxygens (including phenoxy) is 2. The van der Waals surface area contributed by atoms with E-state index in [1.807, 2.05) is 0 Å². The van der Waals surface area contributed by atoms with E-state index >= 15 is 0 Å². The molecule has 7 heteroatoms. The monoisotopic (exact) mass is 282 g/mol. The Balaban J connectivity index is 0.000000280. The molecule has 18 heavy (non-hydrogen) atoms. The van der Waals surface area contributed by atoms with E-state index in [0.29, 0.717) is 18.1 Å². The van der Waals surface area contributed by atoms with E-state index in [2.05, 4.69) is 0 Å². The quantitative estimate of drug-likeness (QED) is 0.724. The SMILES string of the molecule is CS(=O)(=O)O.OCC1CCOC1CC1CCOC1. The number of rotatable bonds is 3. The predicted molar refractivity (Wildman–Crippen MR) is 65.9 cm³/mol. The molecule has 2 fully saturated rings. The van der Waals surface area contributed by atoms with Gasteiger partial charge in [0.2, 0.25) is 0 Å². The van der Waals surface area contributed by atoms with Crippen LogP contribution in [0.4, 0.5) is 0 Å². The van der Waals surface area contributed by atoms with Crippen LogP contribution in [0.25, 0.3) is 0 Å². The molecule has 3 atom stereocenters. The summed E-state index contributed by atoms with van der Waals surface area (Å²) in [6.07, 6.45) is 4.27. The van der Waals surface area contributed by atoms with Crippen LogP contribution in [0.3, 0.4) is 0 Å². The summed E-state index contributed by atoms with van der Waals surface area (Å²) in [5.74, 6) is 1.04. The first-order chi connectivity index (χ1) is 8.40. The van der Waals surface area contributed by atoms with Crippen LogP contribution in [0.1, 0.15) is 19.3 Å². The molecule has 0 aromatic rings. The van der Waals surface area contributed by atoms with Crippen LogP contribution in [0.2, 0.25) is 0 Å². The van der Waals surface area contributed by atoms with E-state index in [1.165, 1.54) is 0 Å². The van der Waals surface area contributed by atoms with Crippen LogP contribution in [-0.2, 0) is 19.6 Å². The lowest BCUT2D eigenvalue weighted by Crippen LogP contribution is -2.22. The largest absolute Gasteiger partial charge is 0.396 e. The fraction of sp³-hybridized carbons (Fsp3) is 1.00. The van der Waals surface area contributed by atoms with Crippen molar-refractivity contribution in [3.63, 3.8) is 0 Å². The number of hydrogen-bond donors (Lipinski definition) is 2. The fourth-order valence-corrected chi connectivity index (χ4v) is 2.26. The minimum atomic E-state index is -3.67. The molecule has 2 aliphatic rings. The van der Waals surface area contributed by atoms with Gasteiger partial charge in [0.1, 0.15) is 0 Å². The van der Waals surface area contributed by atoms with E-state index in [0.717, 1.165) is 39.1 Å². The van der Waals surface area contributed by atoms with Crippen LogP contribution in [0.5, 0.6) is 0 Å². The second kappa shape index (κ2) is 7.40. The number of hydrogen-bond acceptors (Lipinski definition) is 5. The molecular weight excluding hydrogens is 260 g/mol. The average molecular weight is 282 g/mol. The molecular formula is C11H22O6S. The van der Waals surface area contributed by atoms with Gasteiger partial charge < -0.3 is 14.6 Å². The fourth-order valence-electron chi connectivity index (χ4n) is 2.26. The zero-order valence-corrected chi connectivity index (χ0v) is 11.4. The van der Waals surface area contributed by atoms with Crippen LogP contribution in [0.15, 0.2) is 0 Å². The molecule has 2 saturated heterocycles. The standard InChI is InChI=1S/C10H18O3.CH4O3S/c11-6-9-2-4-13-10(9)5-8-1-3-12-7-8;1-5(2,3)4/h8-11H,1-7H2;1H3,(H,2,3,4). The molecule has 2 N–H and O–H groups in total. The molecule has 2 rings (SSSR count). The van der Waals surface area contributed by atoms with Crippen LogP contribution < -0.4 is 0 Å². The second-order valence-electron chi connectivity index (χ2n) is 4.84. The summed E-state index contributed by atoms with van der Waals surface area (Å²) < 4.78 is 36.8. The first-order valence-corrected chi connectivity index (χ1v) is 7.97. The highest BCUT2D eigenvalue weighted by molar-refractivity contribution is 7.85. The molecule has 3 unspecified atom stereocenters. The maximum absolute atomic E-state index is 9.19. The Morgan fingerprint density at radius 1 is 1.28 bits per heavy atom. The first kappa shape index (κ1) is 15.8. The molecule has 0 aromatic carbocycles. The smallest absolute Gasteiger partial charge is 0.261 e. The van der Waals surface area contributed by atoms with Gasteiger partial charge in [-0.2, -0.15) is 8.42 Å². The molecule has 0 bridgehead atoms. The highest BCUT2D eigenvalue weighted by Crippen LogP contribution is 2.28. The Hall–Kier alpha value is -0.210. The van der Waals surface area contributed by atoms with Crippen molar-refractivity contribution in [2.45, 2.75) is 25.4 Å². The molecule has 0 saturated carbocycles. The molecule has 2 heterocycles. The lowest BCUT2D eigenvalue weighted by molar-refractivity contribution is 0.0507. The van der Waals surface area contributed by atoms with Crippen molar-refractivity contribution < 1.29 is 27.6 Å². The summed E-state index contributed by atoms with van der Waals surface area (Å²) >= 11 is 0. The highest BCUT2D eigenvalue weighted by Gasteiger charge is 2.30. The van der Waals surface area contributed by atoms with E-state index in [4.69, 9.17) is 19.1 Å². The Labute approximate surface area is 108 Å². The minimum absolute atomic E-state index is 0.276. The van der Waals surface area contributed by atoms with Gasteiger partial charge in [0.05, 0.1) is 12.4 Å². The van der Waals surface area contributed by atoms with Crippen molar-refractivity contribution in [1.29, 1.82) is 0 Å². The van der Waals surface area contributed by atoms with Gasteiger partial charge in [0.15, 0.2) is 0 Å². The van der Waals surface area contributed by atoms with Crippen LogP contribution in [-0.4, -0.2) is 56.9 Å². The van der Waals surface area contributed by atoms with Gasteiger partial charge in [0, 0.05) is 32.3 Å². The van der Waals surface area contributed by atoms with Gasteiger partial charge in [-0.3, -0.25) is 4.55 Å². The molecule has 0 spiro atoms. The van der Waals surface area contributed by atoms with Crippen molar-refractivity contribution in [1.82, 2.24) is 0 Å². The molecule has 2 aliphatic heterocycles. The Morgan fingerprint density at radius 2 is 1.94 bits per heavy atom. The Bertz CT molecular complexity index is 314. The third-order valence-corrected chi connectivity index (χ3v) is 3.17. The average Bonchev–Trinajstić information content (AvgIpc) is 2.86.